The van der Waals surface area contributed by atoms with Crippen molar-refractivity contribution in [1.29, 1.82) is 0 Å². The van der Waals surface area contributed by atoms with Crippen LogP contribution in [-0.4, -0.2) is 43.1 Å². The Kier molecular flexibility index (Phi) is 7.71. The fraction of sp³-hybridized carbons (Fsp3) is 0.556. The summed E-state index contributed by atoms with van der Waals surface area (Å²) in [5, 5.41) is 0. The molecule has 1 aliphatic heterocycles. The number of halogens is 1. The molecule has 0 saturated carbocycles. The minimum absolute atomic E-state index is 0.295. The molecule has 0 amide bonds. The molecule has 25 heavy (non-hydrogen) atoms. The number of nitrogen functional groups attached to an aromatic ring is 1. The average molecular weight is 413 g/mol. The third-order valence-electron chi connectivity index (χ3n) is 4.12. The van der Waals surface area contributed by atoms with Crippen LogP contribution >= 0.6 is 15.9 Å². The van der Waals surface area contributed by atoms with Gasteiger partial charge in [0.15, 0.2) is 0 Å². The van der Waals surface area contributed by atoms with E-state index in [-0.39, 0.29) is 11.9 Å². The summed E-state index contributed by atoms with van der Waals surface area (Å²) in [6.45, 7) is 4.89. The van der Waals surface area contributed by atoms with Gasteiger partial charge < -0.3 is 15.2 Å². The predicted molar refractivity (Wildman–Crippen MR) is 99.2 cm³/mol. The highest BCUT2D eigenvalue weighted by Crippen LogP contribution is 2.28. The SMILES string of the molecule is CC(=O)OCCCCOC(=O)c1cc(Br)c(N)c(CN2CCCC2)c1. The molecule has 0 bridgehead atoms. The number of hydrogen-bond acceptors (Lipinski definition) is 6. The number of esters is 2. The van der Waals surface area contributed by atoms with Gasteiger partial charge in [-0.2, -0.15) is 0 Å². The monoisotopic (exact) mass is 412 g/mol. The first-order valence-corrected chi connectivity index (χ1v) is 9.37. The van der Waals surface area contributed by atoms with Crippen LogP contribution in [0, 0.1) is 0 Å². The number of benzene rings is 1. The van der Waals surface area contributed by atoms with Crippen LogP contribution < -0.4 is 5.73 Å². The van der Waals surface area contributed by atoms with Crippen LogP contribution in [0.15, 0.2) is 16.6 Å². The van der Waals surface area contributed by atoms with E-state index in [0.717, 1.165) is 25.2 Å². The molecule has 7 heteroatoms. The van der Waals surface area contributed by atoms with Crippen LogP contribution in [0.1, 0.15) is 48.5 Å². The van der Waals surface area contributed by atoms with E-state index < -0.39 is 0 Å². The highest BCUT2D eigenvalue weighted by atomic mass is 79.9. The highest BCUT2D eigenvalue weighted by Gasteiger charge is 2.17. The lowest BCUT2D eigenvalue weighted by Gasteiger charge is -2.17. The fourth-order valence-corrected chi connectivity index (χ4v) is 3.27. The standard InChI is InChI=1S/C18H25BrN2O4/c1-13(22)24-8-4-5-9-25-18(23)14-10-15(17(20)16(19)11-14)12-21-6-2-3-7-21/h10-11H,2-9,12,20H2,1H3. The number of rotatable bonds is 8. The number of nitrogens with two attached hydrogens (primary N) is 1. The van der Waals surface area contributed by atoms with Gasteiger partial charge in [0.25, 0.3) is 0 Å². The first-order chi connectivity index (χ1) is 12.0. The molecule has 1 aromatic rings. The highest BCUT2D eigenvalue weighted by molar-refractivity contribution is 9.10. The van der Waals surface area contributed by atoms with E-state index in [0.29, 0.717) is 41.8 Å². The number of nitrogens with zero attached hydrogens (tertiary/aromatic N) is 1. The van der Waals surface area contributed by atoms with Gasteiger partial charge in [0.2, 0.25) is 0 Å². The van der Waals surface area contributed by atoms with Crippen molar-refractivity contribution in [2.45, 2.75) is 39.2 Å². The summed E-state index contributed by atoms with van der Waals surface area (Å²) in [4.78, 5) is 25.3. The number of carbonyl (C=O) groups is 2. The Labute approximate surface area is 156 Å². The van der Waals surface area contributed by atoms with Crippen LogP contribution in [0.4, 0.5) is 5.69 Å². The molecule has 6 nitrogen and oxygen atoms in total. The Hall–Kier alpha value is -1.60. The summed E-state index contributed by atoms with van der Waals surface area (Å²) in [5.74, 6) is -0.662. The molecule has 0 atom stereocenters. The van der Waals surface area contributed by atoms with Crippen molar-refractivity contribution in [3.8, 4) is 0 Å². The molecule has 1 aromatic carbocycles. The largest absolute Gasteiger partial charge is 0.466 e. The molecule has 0 spiro atoms. The molecule has 0 radical (unpaired) electrons. The van der Waals surface area contributed by atoms with Gasteiger partial charge in [-0.1, -0.05) is 0 Å². The summed E-state index contributed by atoms with van der Waals surface area (Å²) in [5.41, 5.74) is 8.25. The maximum atomic E-state index is 12.3. The summed E-state index contributed by atoms with van der Waals surface area (Å²) < 4.78 is 10.9. The van der Waals surface area contributed by atoms with Gasteiger partial charge in [-0.3, -0.25) is 9.69 Å². The van der Waals surface area contributed by atoms with Crippen molar-refractivity contribution in [3.05, 3.63) is 27.7 Å². The van der Waals surface area contributed by atoms with Gasteiger partial charge in [-0.25, -0.2) is 4.79 Å². The topological polar surface area (TPSA) is 81.9 Å². The minimum atomic E-state index is -0.365. The van der Waals surface area contributed by atoms with Crippen LogP contribution in [0.25, 0.3) is 0 Å². The number of ether oxygens (including phenoxy) is 2. The minimum Gasteiger partial charge on any atom is -0.466 e. The van der Waals surface area contributed by atoms with Gasteiger partial charge >= 0.3 is 11.9 Å². The Morgan fingerprint density at radius 2 is 1.80 bits per heavy atom. The number of hydrogen-bond donors (Lipinski definition) is 1. The van der Waals surface area contributed by atoms with Gasteiger partial charge in [-0.05, 0) is 72.4 Å². The first-order valence-electron chi connectivity index (χ1n) is 8.58. The molecule has 1 aliphatic rings. The third kappa shape index (κ3) is 6.32. The fourth-order valence-electron chi connectivity index (χ4n) is 2.77. The van der Waals surface area contributed by atoms with Crippen molar-refractivity contribution in [1.82, 2.24) is 4.90 Å². The van der Waals surface area contributed by atoms with Crippen LogP contribution in [0.3, 0.4) is 0 Å². The molecule has 1 fully saturated rings. The molecule has 2 rings (SSSR count). The maximum absolute atomic E-state index is 12.3. The zero-order valence-corrected chi connectivity index (χ0v) is 16.1. The molecular weight excluding hydrogens is 388 g/mol. The molecule has 1 heterocycles. The lowest BCUT2D eigenvalue weighted by atomic mass is 10.1. The van der Waals surface area contributed by atoms with E-state index in [1.165, 1.54) is 19.8 Å². The van der Waals surface area contributed by atoms with Crippen LogP contribution in [0.2, 0.25) is 0 Å². The lowest BCUT2D eigenvalue weighted by Crippen LogP contribution is -2.20. The molecule has 2 N–H and O–H groups in total. The van der Waals surface area contributed by atoms with Crippen molar-refractivity contribution in [2.24, 2.45) is 0 Å². The maximum Gasteiger partial charge on any atom is 0.338 e. The normalized spacial score (nSPS) is 14.5. The van der Waals surface area contributed by atoms with E-state index >= 15 is 0 Å². The summed E-state index contributed by atoms with van der Waals surface area (Å²) in [7, 11) is 0. The molecule has 138 valence electrons. The number of anilines is 1. The van der Waals surface area contributed by atoms with Crippen molar-refractivity contribution in [2.75, 3.05) is 32.0 Å². The number of likely N-dealkylation sites (tertiary alicyclic amines) is 1. The van der Waals surface area contributed by atoms with E-state index in [1.54, 1.807) is 6.07 Å². The Morgan fingerprint density at radius 1 is 1.16 bits per heavy atom. The number of unbranched alkanes of at least 4 members (excludes halogenated alkanes) is 1. The summed E-state index contributed by atoms with van der Waals surface area (Å²) in [6, 6.07) is 3.52. The Balaban J connectivity index is 1.88. The van der Waals surface area contributed by atoms with Crippen molar-refractivity contribution in [3.63, 3.8) is 0 Å². The quantitative estimate of drug-likeness (QED) is 0.401. The van der Waals surface area contributed by atoms with Gasteiger partial charge in [0.1, 0.15) is 0 Å². The van der Waals surface area contributed by atoms with Crippen molar-refractivity contribution >= 4 is 33.6 Å². The van der Waals surface area contributed by atoms with Crippen molar-refractivity contribution < 1.29 is 19.1 Å². The average Bonchev–Trinajstić information content (AvgIpc) is 3.07. The van der Waals surface area contributed by atoms with Gasteiger partial charge in [0, 0.05) is 17.9 Å². The summed E-state index contributed by atoms with van der Waals surface area (Å²) >= 11 is 3.43. The van der Waals surface area contributed by atoms with Gasteiger partial charge in [-0.15, -0.1) is 0 Å². The molecular formula is C18H25BrN2O4. The van der Waals surface area contributed by atoms with E-state index in [2.05, 4.69) is 20.8 Å². The number of carbonyl (C=O) groups excluding carboxylic acids is 2. The second-order valence-corrected chi connectivity index (χ2v) is 7.05. The third-order valence-corrected chi connectivity index (χ3v) is 4.78. The van der Waals surface area contributed by atoms with Gasteiger partial charge in [0.05, 0.1) is 24.5 Å². The van der Waals surface area contributed by atoms with Crippen LogP contribution in [-0.2, 0) is 20.8 Å². The smallest absolute Gasteiger partial charge is 0.338 e. The second kappa shape index (κ2) is 9.77. The van der Waals surface area contributed by atoms with E-state index in [4.69, 9.17) is 15.2 Å². The summed E-state index contributed by atoms with van der Waals surface area (Å²) in [6.07, 6.45) is 3.72. The molecule has 1 saturated heterocycles. The Bertz CT molecular complexity index is 615. The zero-order valence-electron chi connectivity index (χ0n) is 14.6. The van der Waals surface area contributed by atoms with E-state index in [1.807, 2.05) is 6.07 Å². The van der Waals surface area contributed by atoms with Crippen LogP contribution in [0.5, 0.6) is 0 Å². The first kappa shape index (κ1) is 19.7. The lowest BCUT2D eigenvalue weighted by molar-refractivity contribution is -0.141. The van der Waals surface area contributed by atoms with E-state index in [9.17, 15) is 9.59 Å². The predicted octanol–water partition coefficient (Wildman–Crippen LogP) is 3.13. The molecule has 0 unspecified atom stereocenters. The zero-order chi connectivity index (χ0) is 18.2. The Morgan fingerprint density at radius 3 is 2.44 bits per heavy atom. The molecule has 0 aromatic heterocycles. The molecule has 0 aliphatic carbocycles. The second-order valence-electron chi connectivity index (χ2n) is 6.20.